The van der Waals surface area contributed by atoms with Crippen LogP contribution in [0.3, 0.4) is 0 Å². The second-order valence-corrected chi connectivity index (χ2v) is 6.13. The van der Waals surface area contributed by atoms with Crippen molar-refractivity contribution >= 4 is 40.2 Å². The Kier molecular flexibility index (Phi) is 4.74. The Bertz CT molecular complexity index is 536. The molecule has 18 heavy (non-hydrogen) atoms. The second kappa shape index (κ2) is 6.31. The molecule has 0 fully saturated rings. The molecule has 0 aromatic carbocycles. The fraction of sp³-hybridized carbons (Fsp3) is 0.333. The first-order valence-corrected chi connectivity index (χ1v) is 7.62. The number of carbonyl (C=O) groups excluding carboxylic acids is 1. The molecule has 2 rings (SSSR count). The van der Waals surface area contributed by atoms with E-state index in [9.17, 15) is 4.79 Å². The highest BCUT2D eigenvalue weighted by atomic mass is 35.5. The third-order valence-corrected chi connectivity index (χ3v) is 4.52. The van der Waals surface area contributed by atoms with E-state index in [2.05, 4.69) is 4.98 Å². The van der Waals surface area contributed by atoms with E-state index in [4.69, 9.17) is 16.3 Å². The number of hydrogen-bond acceptors (Lipinski definition) is 5. The van der Waals surface area contributed by atoms with E-state index in [1.165, 1.54) is 11.3 Å². The maximum Gasteiger partial charge on any atom is 0.306 e. The van der Waals surface area contributed by atoms with Crippen LogP contribution in [-0.2, 0) is 16.0 Å². The zero-order valence-electron chi connectivity index (χ0n) is 9.81. The molecule has 0 radical (unpaired) electrons. The van der Waals surface area contributed by atoms with Gasteiger partial charge in [-0.3, -0.25) is 4.79 Å². The number of carbonyl (C=O) groups is 1. The molecule has 0 bridgehead atoms. The van der Waals surface area contributed by atoms with Crippen molar-refractivity contribution in [2.24, 2.45) is 0 Å². The highest BCUT2D eigenvalue weighted by Crippen LogP contribution is 2.33. The molecule has 3 nitrogen and oxygen atoms in total. The predicted molar refractivity (Wildman–Crippen MR) is 75.4 cm³/mol. The molecule has 2 aromatic heterocycles. The maximum atomic E-state index is 11.2. The summed E-state index contributed by atoms with van der Waals surface area (Å²) >= 11 is 8.97. The Hall–Kier alpha value is -0.910. The average Bonchev–Trinajstić information content (AvgIpc) is 2.95. The molecule has 2 heterocycles. The number of aromatic nitrogens is 1. The summed E-state index contributed by atoms with van der Waals surface area (Å²) in [5, 5.41) is 2.92. The van der Waals surface area contributed by atoms with Gasteiger partial charge in [0.1, 0.15) is 5.01 Å². The molecule has 6 heteroatoms. The van der Waals surface area contributed by atoms with Crippen molar-refractivity contribution in [2.45, 2.75) is 19.8 Å². The molecule has 0 amide bonds. The number of esters is 1. The standard InChI is InChI=1S/C12H12ClNO2S2/c1-2-16-11(15)6-3-8-7-17-12(14-8)9-4-5-10(13)18-9/h4-5,7H,2-3,6H2,1H3. The minimum Gasteiger partial charge on any atom is -0.466 e. The van der Waals surface area contributed by atoms with Crippen LogP contribution in [-0.4, -0.2) is 17.6 Å². The normalized spacial score (nSPS) is 10.6. The van der Waals surface area contributed by atoms with Gasteiger partial charge in [-0.2, -0.15) is 0 Å². The van der Waals surface area contributed by atoms with Crippen molar-refractivity contribution in [3.05, 3.63) is 27.5 Å². The zero-order valence-corrected chi connectivity index (χ0v) is 12.2. The van der Waals surface area contributed by atoms with Gasteiger partial charge < -0.3 is 4.74 Å². The first-order valence-electron chi connectivity index (χ1n) is 5.54. The summed E-state index contributed by atoms with van der Waals surface area (Å²) in [6.45, 7) is 2.23. The molecule has 0 atom stereocenters. The molecule has 0 aliphatic carbocycles. The predicted octanol–water partition coefficient (Wildman–Crippen LogP) is 4.02. The van der Waals surface area contributed by atoms with Crippen LogP contribution < -0.4 is 0 Å². The van der Waals surface area contributed by atoms with Crippen molar-refractivity contribution in [1.82, 2.24) is 4.98 Å². The van der Waals surface area contributed by atoms with E-state index < -0.39 is 0 Å². The number of thiophene rings is 1. The highest BCUT2D eigenvalue weighted by Gasteiger charge is 2.09. The first-order chi connectivity index (χ1) is 8.69. The van der Waals surface area contributed by atoms with Gasteiger partial charge in [0.2, 0.25) is 0 Å². The molecule has 0 aliphatic rings. The van der Waals surface area contributed by atoms with Gasteiger partial charge in [-0.15, -0.1) is 22.7 Å². The topological polar surface area (TPSA) is 39.2 Å². The Morgan fingerprint density at radius 2 is 2.33 bits per heavy atom. The minimum absolute atomic E-state index is 0.175. The van der Waals surface area contributed by atoms with Crippen LogP contribution in [0, 0.1) is 0 Å². The van der Waals surface area contributed by atoms with E-state index >= 15 is 0 Å². The lowest BCUT2D eigenvalue weighted by Crippen LogP contribution is -2.05. The van der Waals surface area contributed by atoms with Gasteiger partial charge in [0.15, 0.2) is 0 Å². The van der Waals surface area contributed by atoms with Crippen molar-refractivity contribution in [1.29, 1.82) is 0 Å². The Morgan fingerprint density at radius 1 is 1.50 bits per heavy atom. The lowest BCUT2D eigenvalue weighted by atomic mass is 10.2. The number of thiazole rings is 1. The van der Waals surface area contributed by atoms with E-state index in [1.54, 1.807) is 18.3 Å². The van der Waals surface area contributed by atoms with Gasteiger partial charge in [0.25, 0.3) is 0 Å². The molecule has 96 valence electrons. The summed E-state index contributed by atoms with van der Waals surface area (Å²) in [6.07, 6.45) is 0.997. The van der Waals surface area contributed by atoms with Gasteiger partial charge >= 0.3 is 5.97 Å². The lowest BCUT2D eigenvalue weighted by Gasteiger charge is -1.99. The van der Waals surface area contributed by atoms with Crippen LogP contribution >= 0.6 is 34.3 Å². The zero-order chi connectivity index (χ0) is 13.0. The molecule has 0 saturated heterocycles. The summed E-state index contributed by atoms with van der Waals surface area (Å²) in [5.41, 5.74) is 0.924. The van der Waals surface area contributed by atoms with E-state index in [0.29, 0.717) is 19.4 Å². The average molecular weight is 302 g/mol. The second-order valence-electron chi connectivity index (χ2n) is 3.55. The molecule has 0 N–H and O–H groups in total. The molecule has 2 aromatic rings. The van der Waals surface area contributed by atoms with Gasteiger partial charge in [-0.05, 0) is 19.1 Å². The number of halogens is 1. The van der Waals surface area contributed by atoms with Crippen LogP contribution in [0.4, 0.5) is 0 Å². The largest absolute Gasteiger partial charge is 0.466 e. The number of nitrogens with zero attached hydrogens (tertiary/aromatic N) is 1. The fourth-order valence-corrected chi connectivity index (χ4v) is 3.40. The van der Waals surface area contributed by atoms with Gasteiger partial charge in [0, 0.05) is 11.8 Å². The van der Waals surface area contributed by atoms with E-state index in [0.717, 1.165) is 19.9 Å². The third-order valence-electron chi connectivity index (χ3n) is 2.23. The quantitative estimate of drug-likeness (QED) is 0.783. The number of aryl methyl sites for hydroxylation is 1. The summed E-state index contributed by atoms with van der Waals surface area (Å²) in [4.78, 5) is 16.8. The van der Waals surface area contributed by atoms with Crippen molar-refractivity contribution < 1.29 is 9.53 Å². The monoisotopic (exact) mass is 301 g/mol. The molecule has 0 aliphatic heterocycles. The summed E-state index contributed by atoms with van der Waals surface area (Å²) < 4.78 is 5.64. The van der Waals surface area contributed by atoms with Crippen molar-refractivity contribution in [3.8, 4) is 9.88 Å². The van der Waals surface area contributed by atoms with Crippen molar-refractivity contribution in [3.63, 3.8) is 0 Å². The van der Waals surface area contributed by atoms with Crippen LogP contribution in [0.1, 0.15) is 19.0 Å². The van der Waals surface area contributed by atoms with Crippen LogP contribution in [0.25, 0.3) is 9.88 Å². The molecule has 0 spiro atoms. The smallest absolute Gasteiger partial charge is 0.306 e. The fourth-order valence-electron chi connectivity index (χ4n) is 1.43. The highest BCUT2D eigenvalue weighted by molar-refractivity contribution is 7.23. The van der Waals surface area contributed by atoms with E-state index in [-0.39, 0.29) is 5.97 Å². The molecule has 0 unspecified atom stereocenters. The Labute approximate surface area is 118 Å². The van der Waals surface area contributed by atoms with Gasteiger partial charge in [-0.1, -0.05) is 11.6 Å². The minimum atomic E-state index is -0.175. The number of ether oxygens (including phenoxy) is 1. The maximum absolute atomic E-state index is 11.2. The third kappa shape index (κ3) is 3.54. The lowest BCUT2D eigenvalue weighted by molar-refractivity contribution is -0.143. The van der Waals surface area contributed by atoms with Gasteiger partial charge in [-0.25, -0.2) is 4.98 Å². The van der Waals surface area contributed by atoms with Crippen molar-refractivity contribution in [2.75, 3.05) is 6.61 Å². The molecule has 0 saturated carbocycles. The SMILES string of the molecule is CCOC(=O)CCc1csc(-c2ccc(Cl)s2)n1. The van der Waals surface area contributed by atoms with E-state index in [1.807, 2.05) is 17.5 Å². The molecular weight excluding hydrogens is 290 g/mol. The molecular formula is C12H12ClNO2S2. The summed E-state index contributed by atoms with van der Waals surface area (Å²) in [6, 6.07) is 3.82. The first kappa shape index (κ1) is 13.5. The summed E-state index contributed by atoms with van der Waals surface area (Å²) in [7, 11) is 0. The van der Waals surface area contributed by atoms with Crippen LogP contribution in [0.15, 0.2) is 17.5 Å². The summed E-state index contributed by atoms with van der Waals surface area (Å²) in [5.74, 6) is -0.175. The Balaban J connectivity index is 1.96. The van der Waals surface area contributed by atoms with Gasteiger partial charge in [0.05, 0.1) is 27.9 Å². The van der Waals surface area contributed by atoms with Crippen LogP contribution in [0.2, 0.25) is 4.34 Å². The van der Waals surface area contributed by atoms with Crippen LogP contribution in [0.5, 0.6) is 0 Å². The number of rotatable bonds is 5. The number of hydrogen-bond donors (Lipinski definition) is 0. The Morgan fingerprint density at radius 3 is 3.00 bits per heavy atom.